The SMILES string of the molecule is CC#N.O=C(CBr)c1ccccc1.O=C(CN1CCCC(C(=O)Nc2ccccc2)C1)c1ccccc1.O=C(Nc1ccccc1)C1CCCNC1.O=CO[O-].[H-].[K+].[K+]. The number of anilines is 2. The van der Waals surface area contributed by atoms with Crippen molar-refractivity contribution in [3.05, 3.63) is 132 Å². The third kappa shape index (κ3) is 24.1. The van der Waals surface area contributed by atoms with Gasteiger partial charge in [0.1, 0.15) is 0 Å². The maximum atomic E-state index is 12.4. The summed E-state index contributed by atoms with van der Waals surface area (Å²) in [4.78, 5) is 60.9. The van der Waals surface area contributed by atoms with E-state index in [1.807, 2.05) is 121 Å². The number of piperidine rings is 2. The van der Waals surface area contributed by atoms with Crippen molar-refractivity contribution in [1.82, 2.24) is 10.2 Å². The predicted molar refractivity (Wildman–Crippen MR) is 220 cm³/mol. The average molecular weight is 907 g/mol. The van der Waals surface area contributed by atoms with Crippen LogP contribution in [0.5, 0.6) is 0 Å². The van der Waals surface area contributed by atoms with Gasteiger partial charge in [-0.25, -0.2) is 0 Å². The maximum absolute atomic E-state index is 12.4. The molecule has 15 heteroatoms. The first-order chi connectivity index (χ1) is 27.3. The van der Waals surface area contributed by atoms with Crippen LogP contribution in [0.15, 0.2) is 121 Å². The number of ketones is 2. The zero-order valence-electron chi connectivity index (χ0n) is 34.5. The number of rotatable bonds is 10. The zero-order valence-corrected chi connectivity index (χ0v) is 41.3. The minimum atomic E-state index is -0.181. The Kier molecular flexibility index (Phi) is 34.1. The Morgan fingerprint density at radius 1 is 0.793 bits per heavy atom. The van der Waals surface area contributed by atoms with Gasteiger partial charge < -0.3 is 27.5 Å². The molecule has 0 spiro atoms. The minimum absolute atomic E-state index is 0. The van der Waals surface area contributed by atoms with Crippen molar-refractivity contribution in [3.8, 4) is 6.07 Å². The van der Waals surface area contributed by atoms with Crippen LogP contribution in [-0.4, -0.2) is 72.8 Å². The van der Waals surface area contributed by atoms with Gasteiger partial charge >= 0.3 is 103 Å². The van der Waals surface area contributed by atoms with Crippen LogP contribution < -0.4 is 124 Å². The summed E-state index contributed by atoms with van der Waals surface area (Å²) in [5.41, 5.74) is 3.20. The first kappa shape index (κ1) is 55.8. The monoisotopic (exact) mass is 905 g/mol. The number of nitrogens with one attached hydrogen (secondary N) is 3. The molecule has 0 aliphatic carbocycles. The van der Waals surface area contributed by atoms with Crippen LogP contribution in [0.2, 0.25) is 0 Å². The summed E-state index contributed by atoms with van der Waals surface area (Å²) in [7, 11) is 0. The fourth-order valence-electron chi connectivity index (χ4n) is 5.64. The number of carbonyl (C=O) groups excluding carboxylic acids is 5. The molecule has 2 saturated heterocycles. The third-order valence-corrected chi connectivity index (χ3v) is 8.86. The quantitative estimate of drug-likeness (QED) is 0.0497. The standard InChI is InChI=1S/C20H22N2O2.C12H16N2O.C8H7BrO.C2H3N.CH2O3.2K.H/c23-19(16-8-3-1-4-9-16)15-22-13-7-10-17(14-22)20(24)21-18-11-5-2-6-12-18;15-12(10-5-4-8-13-9-10)14-11-6-2-1-3-7-11;9-6-8(10)7-4-2-1-3-5-7;1-2-3;2-1-4-3;;;/h1-6,8-9,11-12,17H,7,10,13-15H2,(H,21,24);1-3,6-7,10,13H,4-5,8-9H2,(H,14,15);1-5H,6H2;1H3;1,3H;;;/q;;;;;2*+1;-1/p-1. The number of halogens is 1. The summed E-state index contributed by atoms with van der Waals surface area (Å²) in [5, 5.41) is 25.3. The van der Waals surface area contributed by atoms with Crippen molar-refractivity contribution in [3.63, 3.8) is 0 Å². The van der Waals surface area contributed by atoms with Crippen molar-refractivity contribution >= 4 is 57.2 Å². The Morgan fingerprint density at radius 3 is 1.62 bits per heavy atom. The van der Waals surface area contributed by atoms with Gasteiger partial charge in [-0.05, 0) is 63.0 Å². The molecule has 6 rings (SSSR count). The van der Waals surface area contributed by atoms with Crippen LogP contribution in [0.3, 0.4) is 0 Å². The Bertz CT molecular complexity index is 1780. The van der Waals surface area contributed by atoms with Gasteiger partial charge in [-0.15, -0.1) is 0 Å². The molecule has 58 heavy (non-hydrogen) atoms. The molecule has 2 unspecified atom stereocenters. The normalized spacial score (nSPS) is 15.0. The number of para-hydroxylation sites is 2. The summed E-state index contributed by atoms with van der Waals surface area (Å²) >= 11 is 3.10. The van der Waals surface area contributed by atoms with Crippen LogP contribution in [0.1, 0.15) is 54.7 Å². The molecule has 2 aliphatic heterocycles. The van der Waals surface area contributed by atoms with E-state index in [-0.39, 0.29) is 146 Å². The van der Waals surface area contributed by atoms with Gasteiger partial charge in [-0.1, -0.05) is 113 Å². The van der Waals surface area contributed by atoms with E-state index in [1.54, 1.807) is 6.07 Å². The Balaban J connectivity index is 0. The molecule has 298 valence electrons. The molecule has 0 aromatic heterocycles. The van der Waals surface area contributed by atoms with Gasteiger partial charge in [-0.3, -0.25) is 28.9 Å². The van der Waals surface area contributed by atoms with Crippen LogP contribution >= 0.6 is 15.9 Å². The number of benzene rings is 4. The number of hydrogen-bond donors (Lipinski definition) is 3. The molecule has 12 nitrogen and oxygen atoms in total. The molecule has 4 aromatic carbocycles. The molecule has 4 aromatic rings. The largest absolute Gasteiger partial charge is 1.00 e. The molecule has 0 saturated carbocycles. The van der Waals surface area contributed by atoms with Crippen LogP contribution in [0, 0.1) is 23.2 Å². The minimum Gasteiger partial charge on any atom is -1.00 e. The zero-order chi connectivity index (χ0) is 40.8. The van der Waals surface area contributed by atoms with Crippen molar-refractivity contribution in [2.45, 2.75) is 32.6 Å². The van der Waals surface area contributed by atoms with Gasteiger partial charge in [0.25, 0.3) is 6.47 Å². The maximum Gasteiger partial charge on any atom is 1.00 e. The number of likely N-dealkylation sites (tertiary alicyclic amines) is 1. The van der Waals surface area contributed by atoms with Crippen molar-refractivity contribution in [2.75, 3.05) is 48.7 Å². The first-order valence-electron chi connectivity index (χ1n) is 18.2. The number of nitriles is 1. The van der Waals surface area contributed by atoms with E-state index < -0.39 is 0 Å². The van der Waals surface area contributed by atoms with Crippen LogP contribution in [-0.2, 0) is 19.3 Å². The Morgan fingerprint density at radius 2 is 1.21 bits per heavy atom. The van der Waals surface area contributed by atoms with Crippen molar-refractivity contribution in [1.29, 1.82) is 5.26 Å². The molecular formula is C43H50BrK2N5O7. The van der Waals surface area contributed by atoms with Gasteiger partial charge in [0.15, 0.2) is 11.6 Å². The summed E-state index contributed by atoms with van der Waals surface area (Å²) in [6, 6.07) is 39.4. The fourth-order valence-corrected chi connectivity index (χ4v) is 5.96. The number of Topliss-reactive ketones (excluding diaryl/α,β-unsaturated/α-hetero) is 2. The summed E-state index contributed by atoms with van der Waals surface area (Å²) in [6.07, 6.45) is 3.89. The second-order valence-electron chi connectivity index (χ2n) is 12.5. The smallest absolute Gasteiger partial charge is 1.00 e. The number of nitrogens with zero attached hydrogens (tertiary/aromatic N) is 2. The van der Waals surface area contributed by atoms with E-state index in [9.17, 15) is 19.2 Å². The van der Waals surface area contributed by atoms with Crippen molar-refractivity contribution in [2.24, 2.45) is 11.8 Å². The van der Waals surface area contributed by atoms with E-state index in [2.05, 4.69) is 41.7 Å². The average Bonchev–Trinajstić information content (AvgIpc) is 3.26. The van der Waals surface area contributed by atoms with Crippen LogP contribution in [0.4, 0.5) is 11.4 Å². The molecule has 0 bridgehead atoms. The molecular weight excluding hydrogens is 857 g/mol. The molecule has 2 fully saturated rings. The molecule has 0 radical (unpaired) electrons. The van der Waals surface area contributed by atoms with E-state index in [0.29, 0.717) is 18.4 Å². The van der Waals surface area contributed by atoms with Gasteiger partial charge in [0.05, 0.1) is 29.8 Å². The second kappa shape index (κ2) is 35.5. The second-order valence-corrected chi connectivity index (χ2v) is 13.0. The van der Waals surface area contributed by atoms with Crippen LogP contribution in [0.25, 0.3) is 0 Å². The third-order valence-electron chi connectivity index (χ3n) is 8.35. The molecule has 2 heterocycles. The number of alkyl halides is 1. The summed E-state index contributed by atoms with van der Waals surface area (Å²) < 4.78 is 0. The van der Waals surface area contributed by atoms with Gasteiger partial charge in [0, 0.05) is 42.5 Å². The predicted octanol–water partition coefficient (Wildman–Crippen LogP) is 0.194. The Hall–Kier alpha value is -2.25. The van der Waals surface area contributed by atoms with E-state index in [4.69, 9.17) is 15.3 Å². The molecule has 2 aliphatic rings. The number of hydrogen-bond acceptors (Lipinski definition) is 10. The molecule has 2 atom stereocenters. The number of amides is 2. The summed E-state index contributed by atoms with van der Waals surface area (Å²) in [6.45, 7) is 4.97. The first-order valence-corrected chi connectivity index (χ1v) is 19.3. The Labute approximate surface area is 436 Å². The van der Waals surface area contributed by atoms with Gasteiger partial charge in [-0.2, -0.15) is 5.26 Å². The van der Waals surface area contributed by atoms with E-state index in [1.165, 1.54) is 6.92 Å². The molecule has 2 amide bonds. The molecule has 3 N–H and O–H groups in total. The topological polar surface area (TPSA) is 181 Å². The van der Waals surface area contributed by atoms with Gasteiger partial charge in [0.2, 0.25) is 11.8 Å². The fraction of sp³-hybridized carbons (Fsp3) is 0.302. The number of carbonyl (C=O) groups is 5. The van der Waals surface area contributed by atoms with Crippen molar-refractivity contribution < 1.29 is 138 Å². The van der Waals surface area contributed by atoms with E-state index >= 15 is 0 Å². The summed E-state index contributed by atoms with van der Waals surface area (Å²) in [5.74, 6) is 0.466. The van der Waals surface area contributed by atoms with E-state index in [0.717, 1.165) is 67.8 Å².